The predicted octanol–water partition coefficient (Wildman–Crippen LogP) is 3.01. The highest BCUT2D eigenvalue weighted by atomic mass is 32.2. The molecule has 0 radical (unpaired) electrons. The maximum atomic E-state index is 12.8. The minimum absolute atomic E-state index is 0.376. The van der Waals surface area contributed by atoms with Crippen molar-refractivity contribution in [1.82, 2.24) is 0 Å². The molecule has 0 aliphatic heterocycles. The first-order valence-electron chi connectivity index (χ1n) is 3.55. The van der Waals surface area contributed by atoms with Crippen molar-refractivity contribution in [2.45, 2.75) is 5.51 Å². The molecule has 0 spiro atoms. The van der Waals surface area contributed by atoms with Crippen LogP contribution in [0.3, 0.4) is 0 Å². The van der Waals surface area contributed by atoms with Crippen LogP contribution in [-0.2, 0) is 11.5 Å². The summed E-state index contributed by atoms with van der Waals surface area (Å²) in [7, 11) is 0. The maximum Gasteiger partial charge on any atom is 0.654 e. The molecule has 0 saturated carbocycles. The van der Waals surface area contributed by atoms with Crippen molar-refractivity contribution in [2.75, 3.05) is 0 Å². The van der Waals surface area contributed by atoms with E-state index in [4.69, 9.17) is 4.55 Å². The molecule has 16 heavy (non-hydrogen) atoms. The van der Waals surface area contributed by atoms with Crippen LogP contribution < -0.4 is 4.18 Å². The lowest BCUT2D eigenvalue weighted by Gasteiger charge is -2.04. The highest BCUT2D eigenvalue weighted by Crippen LogP contribution is 2.31. The van der Waals surface area contributed by atoms with Crippen LogP contribution in [-0.4, -0.2) is 10.1 Å². The molecule has 0 saturated heterocycles. The van der Waals surface area contributed by atoms with Crippen LogP contribution in [0.4, 0.5) is 26.3 Å². The fourth-order valence-corrected chi connectivity index (χ4v) is 1.12. The zero-order valence-electron chi connectivity index (χ0n) is 7.19. The van der Waals surface area contributed by atoms with Crippen LogP contribution in [0.15, 0.2) is 12.1 Å². The van der Waals surface area contributed by atoms with Gasteiger partial charge < -0.3 is 0 Å². The van der Waals surface area contributed by atoms with E-state index in [2.05, 4.69) is 4.18 Å². The Morgan fingerprint density at radius 1 is 1.06 bits per heavy atom. The van der Waals surface area contributed by atoms with E-state index in [0.717, 1.165) is 0 Å². The predicted molar refractivity (Wildman–Crippen MR) is 43.0 cm³/mol. The van der Waals surface area contributed by atoms with E-state index in [1.54, 1.807) is 0 Å². The summed E-state index contributed by atoms with van der Waals surface area (Å²) < 4.78 is 85.5. The summed E-state index contributed by atoms with van der Waals surface area (Å²) in [5, 5.41) is 0. The van der Waals surface area contributed by atoms with Gasteiger partial charge in [-0.2, -0.15) is 4.39 Å². The van der Waals surface area contributed by atoms with Crippen LogP contribution in [0, 0.1) is 17.5 Å². The molecule has 1 atom stereocenters. The Morgan fingerprint density at radius 3 is 2.06 bits per heavy atom. The Balaban J connectivity index is 3.02. The van der Waals surface area contributed by atoms with E-state index < -0.39 is 40.2 Å². The highest BCUT2D eigenvalue weighted by molar-refractivity contribution is 7.88. The zero-order valence-corrected chi connectivity index (χ0v) is 8.00. The van der Waals surface area contributed by atoms with E-state index in [9.17, 15) is 26.3 Å². The molecule has 0 fully saturated rings. The normalized spacial score (nSPS) is 13.7. The van der Waals surface area contributed by atoms with Gasteiger partial charge in [0.1, 0.15) is 0 Å². The van der Waals surface area contributed by atoms with Gasteiger partial charge in [0.2, 0.25) is 5.82 Å². The van der Waals surface area contributed by atoms with Gasteiger partial charge in [-0.25, -0.2) is 13.0 Å². The van der Waals surface area contributed by atoms with Crippen molar-refractivity contribution in [1.29, 1.82) is 0 Å². The summed E-state index contributed by atoms with van der Waals surface area (Å²) in [5.41, 5.74) is -5.20. The van der Waals surface area contributed by atoms with Crippen molar-refractivity contribution >= 4 is 11.5 Å². The smallest absolute Gasteiger partial charge is 0.235 e. The van der Waals surface area contributed by atoms with Crippen LogP contribution in [0.25, 0.3) is 0 Å². The topological polar surface area (TPSA) is 29.5 Å². The van der Waals surface area contributed by atoms with Crippen LogP contribution in [0.2, 0.25) is 0 Å². The average Bonchev–Trinajstić information content (AvgIpc) is 2.17. The summed E-state index contributed by atoms with van der Waals surface area (Å²) in [6.45, 7) is 0. The third-order valence-corrected chi connectivity index (χ3v) is 2.08. The lowest BCUT2D eigenvalue weighted by atomic mass is 10.3. The average molecular weight is 265 g/mol. The number of benzene rings is 1. The molecule has 0 bridgehead atoms. The molecule has 9 heteroatoms. The molecule has 90 valence electrons. The number of hydrogen-bond acceptors (Lipinski definition) is 2. The largest absolute Gasteiger partial charge is 0.654 e. The number of halogens is 6. The van der Waals surface area contributed by atoms with Crippen molar-refractivity contribution in [3.8, 4) is 5.75 Å². The maximum absolute atomic E-state index is 12.8. The lowest BCUT2D eigenvalue weighted by Crippen LogP contribution is -2.28. The van der Waals surface area contributed by atoms with Crippen molar-refractivity contribution in [2.24, 2.45) is 0 Å². The van der Waals surface area contributed by atoms with Gasteiger partial charge in [-0.1, -0.05) is 0 Å². The molecule has 0 heterocycles. The summed E-state index contributed by atoms with van der Waals surface area (Å²) in [6, 6.07) is 0.752. The second kappa shape index (κ2) is 4.42. The quantitative estimate of drug-likeness (QED) is 0.506. The minimum Gasteiger partial charge on any atom is -0.235 e. The van der Waals surface area contributed by atoms with Crippen LogP contribution in [0.5, 0.6) is 5.75 Å². The van der Waals surface area contributed by atoms with E-state index >= 15 is 0 Å². The molecular weight excluding hydrogens is 262 g/mol. The summed E-state index contributed by atoms with van der Waals surface area (Å²) >= 11 is -3.71. The standard InChI is InChI=1S/C7H3F6O2S/c8-3-1-2-4(9)6(5(3)10)15-16(14)7(11,12)13/h1-2,14H/q+1. The van der Waals surface area contributed by atoms with Crippen molar-refractivity contribution in [3.63, 3.8) is 0 Å². The minimum atomic E-state index is -5.20. The van der Waals surface area contributed by atoms with Gasteiger partial charge in [0.15, 0.2) is 11.6 Å². The molecule has 0 aliphatic carbocycles. The molecule has 1 aromatic rings. The Hall–Kier alpha value is -1.09. The molecule has 0 aliphatic rings. The van der Waals surface area contributed by atoms with E-state index in [1.165, 1.54) is 0 Å². The monoisotopic (exact) mass is 265 g/mol. The van der Waals surface area contributed by atoms with Gasteiger partial charge >= 0.3 is 17.0 Å². The van der Waals surface area contributed by atoms with Gasteiger partial charge in [-0.15, -0.1) is 17.7 Å². The Labute approximate surface area is 88.2 Å². The van der Waals surface area contributed by atoms with Crippen molar-refractivity contribution < 1.29 is 35.1 Å². The van der Waals surface area contributed by atoms with E-state index in [0.29, 0.717) is 12.1 Å². The van der Waals surface area contributed by atoms with Gasteiger partial charge in [0, 0.05) is 0 Å². The second-order valence-corrected chi connectivity index (χ2v) is 3.58. The number of rotatable bonds is 2. The van der Waals surface area contributed by atoms with Gasteiger partial charge in [0.25, 0.3) is 5.75 Å². The Kier molecular flexibility index (Phi) is 3.58. The van der Waals surface area contributed by atoms with E-state index in [-0.39, 0.29) is 0 Å². The van der Waals surface area contributed by atoms with Gasteiger partial charge in [0.05, 0.1) is 0 Å². The molecule has 2 nitrogen and oxygen atoms in total. The first-order valence-corrected chi connectivity index (χ1v) is 4.66. The number of alkyl halides is 3. The van der Waals surface area contributed by atoms with Gasteiger partial charge in [-0.05, 0) is 12.1 Å². The summed E-state index contributed by atoms with van der Waals surface area (Å²) in [4.78, 5) is 0. The zero-order chi connectivity index (χ0) is 12.5. The summed E-state index contributed by atoms with van der Waals surface area (Å²) in [5.74, 6) is -6.68. The van der Waals surface area contributed by atoms with Crippen LogP contribution >= 0.6 is 0 Å². The molecule has 0 aromatic heterocycles. The number of hydrogen-bond donors (Lipinski definition) is 1. The fraction of sp³-hybridized carbons (Fsp3) is 0.143. The third kappa shape index (κ3) is 2.73. The second-order valence-electron chi connectivity index (χ2n) is 2.45. The molecular formula is C7H3F6O2S+. The first-order chi connectivity index (χ1) is 7.23. The SMILES string of the molecule is O[S+](Oc1c(F)ccc(F)c1F)C(F)(F)F. The van der Waals surface area contributed by atoms with Crippen LogP contribution in [0.1, 0.15) is 0 Å². The van der Waals surface area contributed by atoms with Gasteiger partial charge in [-0.3, -0.25) is 0 Å². The molecule has 1 rings (SSSR count). The molecule has 1 unspecified atom stereocenters. The molecule has 0 amide bonds. The van der Waals surface area contributed by atoms with Crippen molar-refractivity contribution in [3.05, 3.63) is 29.6 Å². The molecule has 1 aromatic carbocycles. The van der Waals surface area contributed by atoms with E-state index in [1.807, 2.05) is 0 Å². The fourth-order valence-electron chi connectivity index (χ4n) is 0.711. The third-order valence-electron chi connectivity index (χ3n) is 1.36. The lowest BCUT2D eigenvalue weighted by molar-refractivity contribution is -0.0494. The molecule has 1 N–H and O–H groups in total. The summed E-state index contributed by atoms with van der Waals surface area (Å²) in [6.07, 6.45) is 0. The Morgan fingerprint density at radius 2 is 1.56 bits per heavy atom. The highest BCUT2D eigenvalue weighted by Gasteiger charge is 2.57. The first kappa shape index (κ1) is 13.0. The Bertz CT molecular complexity index is 393.